The van der Waals surface area contributed by atoms with Crippen LogP contribution >= 0.6 is 0 Å². The number of nitrogens with zero attached hydrogens (tertiary/aromatic N) is 5. The molecule has 0 spiro atoms. The highest BCUT2D eigenvalue weighted by atomic mass is 16.6. The SMILES string of the molecule is Cc1cc(N2CCC(NC(=O)c3cc([N+](=O)[O-])ccc3N3CCC(C)CC3)CC2)ncn1. The summed E-state index contributed by atoms with van der Waals surface area (Å²) in [6.45, 7) is 7.46. The van der Waals surface area contributed by atoms with Crippen molar-refractivity contribution in [3.8, 4) is 0 Å². The number of carbonyl (C=O) groups is 1. The molecule has 4 rings (SSSR count). The van der Waals surface area contributed by atoms with Crippen LogP contribution in [0.2, 0.25) is 0 Å². The van der Waals surface area contributed by atoms with Crippen molar-refractivity contribution in [3.63, 3.8) is 0 Å². The fraction of sp³-hybridized carbons (Fsp3) is 0.522. The lowest BCUT2D eigenvalue weighted by atomic mass is 9.97. The van der Waals surface area contributed by atoms with Gasteiger partial charge >= 0.3 is 0 Å². The second-order valence-corrected chi connectivity index (χ2v) is 8.88. The third-order valence-electron chi connectivity index (χ3n) is 6.50. The number of amides is 1. The van der Waals surface area contributed by atoms with Crippen LogP contribution < -0.4 is 15.1 Å². The standard InChI is InChI=1S/C23H30N6O3/c1-16-5-9-27(10-6-16)21-4-3-19(29(31)32)14-20(21)23(30)26-18-7-11-28(12-8-18)22-13-17(2)24-15-25-22/h3-4,13-16,18H,5-12H2,1-2H3,(H,26,30). The Morgan fingerprint density at radius 3 is 2.41 bits per heavy atom. The smallest absolute Gasteiger partial charge is 0.270 e. The molecule has 2 fully saturated rings. The summed E-state index contributed by atoms with van der Waals surface area (Å²) in [5, 5.41) is 14.5. The van der Waals surface area contributed by atoms with Crippen LogP contribution in [0, 0.1) is 23.0 Å². The zero-order valence-electron chi connectivity index (χ0n) is 18.7. The van der Waals surface area contributed by atoms with Crippen molar-refractivity contribution in [3.05, 3.63) is 52.0 Å². The van der Waals surface area contributed by atoms with Crippen molar-refractivity contribution < 1.29 is 9.72 Å². The van der Waals surface area contributed by atoms with E-state index in [0.29, 0.717) is 11.5 Å². The van der Waals surface area contributed by atoms with Gasteiger partial charge in [0, 0.05) is 56.1 Å². The van der Waals surface area contributed by atoms with Crippen molar-refractivity contribution >= 4 is 23.1 Å². The Balaban J connectivity index is 1.45. The van der Waals surface area contributed by atoms with Gasteiger partial charge in [0.05, 0.1) is 16.2 Å². The molecule has 9 nitrogen and oxygen atoms in total. The minimum Gasteiger partial charge on any atom is -0.371 e. The van der Waals surface area contributed by atoms with Crippen LogP contribution in [0.5, 0.6) is 0 Å². The molecule has 2 saturated heterocycles. The van der Waals surface area contributed by atoms with Gasteiger partial charge in [-0.2, -0.15) is 0 Å². The Morgan fingerprint density at radius 1 is 1.06 bits per heavy atom. The molecule has 170 valence electrons. The van der Waals surface area contributed by atoms with E-state index < -0.39 is 4.92 Å². The Morgan fingerprint density at radius 2 is 1.75 bits per heavy atom. The zero-order chi connectivity index (χ0) is 22.7. The Hall–Kier alpha value is -3.23. The summed E-state index contributed by atoms with van der Waals surface area (Å²) in [6.07, 6.45) is 5.27. The average molecular weight is 439 g/mol. The fourth-order valence-electron chi connectivity index (χ4n) is 4.47. The van der Waals surface area contributed by atoms with Gasteiger partial charge in [-0.25, -0.2) is 9.97 Å². The number of aryl methyl sites for hydroxylation is 1. The summed E-state index contributed by atoms with van der Waals surface area (Å²) >= 11 is 0. The van der Waals surface area contributed by atoms with E-state index in [1.807, 2.05) is 13.0 Å². The summed E-state index contributed by atoms with van der Waals surface area (Å²) in [5.74, 6) is 1.33. The number of nitro benzene ring substituents is 1. The van der Waals surface area contributed by atoms with Gasteiger partial charge in [0.25, 0.3) is 11.6 Å². The maximum atomic E-state index is 13.2. The first-order valence-corrected chi connectivity index (χ1v) is 11.3. The van der Waals surface area contributed by atoms with E-state index in [1.54, 1.807) is 12.4 Å². The maximum Gasteiger partial charge on any atom is 0.270 e. The van der Waals surface area contributed by atoms with E-state index in [2.05, 4.69) is 32.0 Å². The van der Waals surface area contributed by atoms with Crippen LogP contribution in [0.25, 0.3) is 0 Å². The van der Waals surface area contributed by atoms with Gasteiger partial charge in [-0.15, -0.1) is 0 Å². The van der Waals surface area contributed by atoms with E-state index in [0.717, 1.165) is 69.1 Å². The lowest BCUT2D eigenvalue weighted by molar-refractivity contribution is -0.384. The summed E-state index contributed by atoms with van der Waals surface area (Å²) in [7, 11) is 0. The highest BCUT2D eigenvalue weighted by Crippen LogP contribution is 2.30. The van der Waals surface area contributed by atoms with Gasteiger partial charge in [0.2, 0.25) is 0 Å². The molecule has 1 amide bonds. The number of benzene rings is 1. The van der Waals surface area contributed by atoms with Gasteiger partial charge in [-0.05, 0) is 44.6 Å². The third kappa shape index (κ3) is 4.98. The minimum atomic E-state index is -0.443. The number of piperidine rings is 2. The van der Waals surface area contributed by atoms with Crippen LogP contribution in [0.1, 0.15) is 48.7 Å². The zero-order valence-corrected chi connectivity index (χ0v) is 18.7. The van der Waals surface area contributed by atoms with Gasteiger partial charge in [-0.1, -0.05) is 6.92 Å². The first-order chi connectivity index (χ1) is 15.4. The second kappa shape index (κ2) is 9.50. The molecule has 32 heavy (non-hydrogen) atoms. The lowest BCUT2D eigenvalue weighted by Crippen LogP contribution is -2.45. The number of anilines is 2. The number of carbonyl (C=O) groups excluding carboxylic acids is 1. The highest BCUT2D eigenvalue weighted by Gasteiger charge is 2.26. The first-order valence-electron chi connectivity index (χ1n) is 11.3. The number of hydrogen-bond acceptors (Lipinski definition) is 7. The van der Waals surface area contributed by atoms with Crippen molar-refractivity contribution in [2.75, 3.05) is 36.0 Å². The van der Waals surface area contributed by atoms with Crippen LogP contribution in [-0.4, -0.2) is 53.0 Å². The molecular formula is C23H30N6O3. The van der Waals surface area contributed by atoms with Crippen molar-refractivity contribution in [1.29, 1.82) is 0 Å². The number of nitrogens with one attached hydrogen (secondary N) is 1. The minimum absolute atomic E-state index is 0.0233. The average Bonchev–Trinajstić information content (AvgIpc) is 2.79. The monoisotopic (exact) mass is 438 g/mol. The quantitative estimate of drug-likeness (QED) is 0.564. The van der Waals surface area contributed by atoms with Crippen molar-refractivity contribution in [2.24, 2.45) is 5.92 Å². The number of aromatic nitrogens is 2. The molecule has 0 radical (unpaired) electrons. The number of non-ortho nitro benzene ring substituents is 1. The summed E-state index contributed by atoms with van der Waals surface area (Å²) in [5.41, 5.74) is 2.05. The highest BCUT2D eigenvalue weighted by molar-refractivity contribution is 6.00. The topological polar surface area (TPSA) is 104 Å². The normalized spacial score (nSPS) is 17.9. The molecule has 1 N–H and O–H groups in total. The fourth-order valence-corrected chi connectivity index (χ4v) is 4.47. The molecule has 0 unspecified atom stereocenters. The molecule has 0 aliphatic carbocycles. The van der Waals surface area contributed by atoms with Gasteiger partial charge in [-0.3, -0.25) is 14.9 Å². The number of nitro groups is 1. The van der Waals surface area contributed by atoms with Crippen LogP contribution in [0.3, 0.4) is 0 Å². The molecular weight excluding hydrogens is 408 g/mol. The van der Waals surface area contributed by atoms with Gasteiger partial charge < -0.3 is 15.1 Å². The van der Waals surface area contributed by atoms with E-state index >= 15 is 0 Å². The maximum absolute atomic E-state index is 13.2. The predicted molar refractivity (Wildman–Crippen MR) is 123 cm³/mol. The number of hydrogen-bond donors (Lipinski definition) is 1. The van der Waals surface area contributed by atoms with Gasteiger partial charge in [0.1, 0.15) is 12.1 Å². The van der Waals surface area contributed by atoms with Gasteiger partial charge in [0.15, 0.2) is 0 Å². The van der Waals surface area contributed by atoms with E-state index in [4.69, 9.17) is 0 Å². The summed E-state index contributed by atoms with van der Waals surface area (Å²) < 4.78 is 0. The largest absolute Gasteiger partial charge is 0.371 e. The molecule has 3 heterocycles. The van der Waals surface area contributed by atoms with E-state index in [-0.39, 0.29) is 17.6 Å². The molecule has 0 atom stereocenters. The molecule has 9 heteroatoms. The summed E-state index contributed by atoms with van der Waals surface area (Å²) in [4.78, 5) is 37.0. The van der Waals surface area contributed by atoms with E-state index in [1.165, 1.54) is 12.1 Å². The molecule has 2 aromatic rings. The first kappa shape index (κ1) is 22.0. The molecule has 0 bridgehead atoms. The lowest BCUT2D eigenvalue weighted by Gasteiger charge is -2.34. The predicted octanol–water partition coefficient (Wildman–Crippen LogP) is 3.33. The molecule has 2 aliphatic heterocycles. The molecule has 1 aromatic heterocycles. The van der Waals surface area contributed by atoms with Crippen molar-refractivity contribution in [1.82, 2.24) is 15.3 Å². The molecule has 0 saturated carbocycles. The number of rotatable bonds is 5. The van der Waals surface area contributed by atoms with Crippen LogP contribution in [-0.2, 0) is 0 Å². The van der Waals surface area contributed by atoms with Crippen LogP contribution in [0.15, 0.2) is 30.6 Å². The third-order valence-corrected chi connectivity index (χ3v) is 6.50. The Labute approximate surface area is 188 Å². The van der Waals surface area contributed by atoms with E-state index in [9.17, 15) is 14.9 Å². The second-order valence-electron chi connectivity index (χ2n) is 8.88. The summed E-state index contributed by atoms with van der Waals surface area (Å²) in [6, 6.07) is 6.63. The molecule has 2 aliphatic rings. The van der Waals surface area contributed by atoms with Crippen molar-refractivity contribution in [2.45, 2.75) is 45.6 Å². The Kier molecular flexibility index (Phi) is 6.53. The Bertz CT molecular complexity index is 981. The molecule has 1 aromatic carbocycles. The van der Waals surface area contributed by atoms with Crippen LogP contribution in [0.4, 0.5) is 17.2 Å².